The van der Waals surface area contributed by atoms with E-state index >= 15 is 0 Å². The Labute approximate surface area is 124 Å². The number of carbonyl (C=O) groups is 1. The number of rotatable bonds is 2. The van der Waals surface area contributed by atoms with Crippen LogP contribution in [0.15, 0.2) is 57.4 Å². The van der Waals surface area contributed by atoms with Gasteiger partial charge in [0.15, 0.2) is 0 Å². The standard InChI is InChI=1S/C16H11BrO3/c1-19-16(18)14-12-4-2-3-5-13(12)20-15(14)10-6-8-11(17)9-7-10/h2-9H,1H3. The molecular weight excluding hydrogens is 320 g/mol. The number of benzene rings is 2. The molecule has 0 aliphatic rings. The van der Waals surface area contributed by atoms with Crippen molar-refractivity contribution in [3.05, 3.63) is 58.6 Å². The van der Waals surface area contributed by atoms with Crippen LogP contribution < -0.4 is 0 Å². The molecule has 0 amide bonds. The summed E-state index contributed by atoms with van der Waals surface area (Å²) in [5, 5.41) is 0.761. The molecule has 0 saturated carbocycles. The number of para-hydroxylation sites is 1. The Morgan fingerprint density at radius 2 is 1.80 bits per heavy atom. The van der Waals surface area contributed by atoms with E-state index in [0.717, 1.165) is 15.4 Å². The highest BCUT2D eigenvalue weighted by atomic mass is 79.9. The molecule has 3 aromatic rings. The minimum Gasteiger partial charge on any atom is -0.465 e. The Morgan fingerprint density at radius 3 is 2.50 bits per heavy atom. The molecule has 0 radical (unpaired) electrons. The summed E-state index contributed by atoms with van der Waals surface area (Å²) in [4.78, 5) is 12.1. The van der Waals surface area contributed by atoms with Gasteiger partial charge in [-0.1, -0.05) is 46.3 Å². The van der Waals surface area contributed by atoms with Gasteiger partial charge in [-0.05, 0) is 18.2 Å². The fraction of sp³-hybridized carbons (Fsp3) is 0.0625. The van der Waals surface area contributed by atoms with Crippen molar-refractivity contribution in [2.24, 2.45) is 0 Å². The highest BCUT2D eigenvalue weighted by molar-refractivity contribution is 9.10. The monoisotopic (exact) mass is 330 g/mol. The number of furan rings is 1. The van der Waals surface area contributed by atoms with E-state index in [1.807, 2.05) is 48.5 Å². The SMILES string of the molecule is COC(=O)c1c(-c2ccc(Br)cc2)oc2ccccc12. The van der Waals surface area contributed by atoms with E-state index in [2.05, 4.69) is 15.9 Å². The average Bonchev–Trinajstić information content (AvgIpc) is 2.86. The Morgan fingerprint density at radius 1 is 1.10 bits per heavy atom. The third-order valence-electron chi connectivity index (χ3n) is 3.09. The molecule has 0 bridgehead atoms. The quantitative estimate of drug-likeness (QED) is 0.642. The zero-order valence-corrected chi connectivity index (χ0v) is 12.3. The molecule has 3 nitrogen and oxygen atoms in total. The van der Waals surface area contributed by atoms with Crippen LogP contribution in [0.25, 0.3) is 22.3 Å². The molecule has 0 fully saturated rings. The second-order valence-electron chi connectivity index (χ2n) is 4.30. The molecular formula is C16H11BrO3. The normalized spacial score (nSPS) is 10.7. The number of halogens is 1. The highest BCUT2D eigenvalue weighted by Crippen LogP contribution is 2.34. The van der Waals surface area contributed by atoms with Crippen molar-refractivity contribution in [3.63, 3.8) is 0 Å². The fourth-order valence-electron chi connectivity index (χ4n) is 2.15. The lowest BCUT2D eigenvalue weighted by Crippen LogP contribution is -2.01. The lowest BCUT2D eigenvalue weighted by atomic mass is 10.1. The minimum atomic E-state index is -0.395. The molecule has 0 saturated heterocycles. The zero-order valence-electron chi connectivity index (χ0n) is 10.7. The second-order valence-corrected chi connectivity index (χ2v) is 5.22. The van der Waals surface area contributed by atoms with Gasteiger partial charge in [-0.2, -0.15) is 0 Å². The summed E-state index contributed by atoms with van der Waals surface area (Å²) < 4.78 is 11.7. The minimum absolute atomic E-state index is 0.395. The predicted molar refractivity (Wildman–Crippen MR) is 80.7 cm³/mol. The maximum atomic E-state index is 12.1. The first-order valence-corrected chi connectivity index (χ1v) is 6.86. The Bertz CT molecular complexity index is 772. The first-order valence-electron chi connectivity index (χ1n) is 6.06. The van der Waals surface area contributed by atoms with Crippen LogP contribution in [0.2, 0.25) is 0 Å². The van der Waals surface area contributed by atoms with Gasteiger partial charge in [0, 0.05) is 15.4 Å². The van der Waals surface area contributed by atoms with E-state index in [1.165, 1.54) is 7.11 Å². The smallest absolute Gasteiger partial charge is 0.342 e. The third-order valence-corrected chi connectivity index (χ3v) is 3.62. The molecule has 20 heavy (non-hydrogen) atoms. The molecule has 0 N–H and O–H groups in total. The second kappa shape index (κ2) is 5.13. The van der Waals surface area contributed by atoms with Crippen molar-refractivity contribution in [2.75, 3.05) is 7.11 Å². The van der Waals surface area contributed by atoms with E-state index in [9.17, 15) is 4.79 Å². The molecule has 1 aromatic heterocycles. The van der Waals surface area contributed by atoms with Crippen molar-refractivity contribution in [2.45, 2.75) is 0 Å². The van der Waals surface area contributed by atoms with Crippen LogP contribution in [-0.4, -0.2) is 13.1 Å². The maximum Gasteiger partial charge on any atom is 0.342 e. The molecule has 4 heteroatoms. The van der Waals surface area contributed by atoms with Crippen LogP contribution in [0.5, 0.6) is 0 Å². The van der Waals surface area contributed by atoms with Gasteiger partial charge in [-0.25, -0.2) is 4.79 Å². The maximum absolute atomic E-state index is 12.1. The van der Waals surface area contributed by atoms with Gasteiger partial charge in [0.2, 0.25) is 0 Å². The number of carbonyl (C=O) groups excluding carboxylic acids is 1. The number of ether oxygens (including phenoxy) is 1. The van der Waals surface area contributed by atoms with Gasteiger partial charge in [0.25, 0.3) is 0 Å². The number of hydrogen-bond acceptors (Lipinski definition) is 3. The average molecular weight is 331 g/mol. The van der Waals surface area contributed by atoms with Crippen LogP contribution >= 0.6 is 15.9 Å². The van der Waals surface area contributed by atoms with Crippen molar-refractivity contribution in [3.8, 4) is 11.3 Å². The van der Waals surface area contributed by atoms with E-state index < -0.39 is 5.97 Å². The topological polar surface area (TPSA) is 39.4 Å². The summed E-state index contributed by atoms with van der Waals surface area (Å²) >= 11 is 3.39. The lowest BCUT2D eigenvalue weighted by molar-refractivity contribution is 0.0603. The van der Waals surface area contributed by atoms with Gasteiger partial charge < -0.3 is 9.15 Å². The summed E-state index contributed by atoms with van der Waals surface area (Å²) in [5.74, 6) is 0.137. The van der Waals surface area contributed by atoms with E-state index in [-0.39, 0.29) is 0 Å². The third kappa shape index (κ3) is 2.12. The fourth-order valence-corrected chi connectivity index (χ4v) is 2.42. The van der Waals surface area contributed by atoms with Crippen LogP contribution in [0.1, 0.15) is 10.4 Å². The molecule has 0 spiro atoms. The predicted octanol–water partition coefficient (Wildman–Crippen LogP) is 4.65. The molecule has 1 heterocycles. The zero-order chi connectivity index (χ0) is 14.1. The van der Waals surface area contributed by atoms with E-state index in [0.29, 0.717) is 16.9 Å². The van der Waals surface area contributed by atoms with Crippen LogP contribution in [0.3, 0.4) is 0 Å². The highest BCUT2D eigenvalue weighted by Gasteiger charge is 2.22. The summed E-state index contributed by atoms with van der Waals surface area (Å²) in [5.41, 5.74) is 1.97. The summed E-state index contributed by atoms with van der Waals surface area (Å²) in [7, 11) is 1.37. The Hall–Kier alpha value is -2.07. The molecule has 3 rings (SSSR count). The van der Waals surface area contributed by atoms with Gasteiger partial charge in [0.05, 0.1) is 7.11 Å². The summed E-state index contributed by atoms with van der Waals surface area (Å²) in [6.07, 6.45) is 0. The van der Waals surface area contributed by atoms with Gasteiger partial charge in [-0.3, -0.25) is 0 Å². The number of fused-ring (bicyclic) bond motifs is 1. The van der Waals surface area contributed by atoms with Crippen molar-refractivity contribution >= 4 is 32.9 Å². The van der Waals surface area contributed by atoms with E-state index in [4.69, 9.17) is 9.15 Å². The van der Waals surface area contributed by atoms with Crippen molar-refractivity contribution in [1.82, 2.24) is 0 Å². The summed E-state index contributed by atoms with van der Waals surface area (Å²) in [6, 6.07) is 15.0. The van der Waals surface area contributed by atoms with Gasteiger partial charge >= 0.3 is 5.97 Å². The van der Waals surface area contributed by atoms with Gasteiger partial charge in [-0.15, -0.1) is 0 Å². The van der Waals surface area contributed by atoms with Crippen LogP contribution in [-0.2, 0) is 4.74 Å². The lowest BCUT2D eigenvalue weighted by Gasteiger charge is -2.02. The molecule has 0 unspecified atom stereocenters. The first-order chi connectivity index (χ1) is 9.70. The Balaban J connectivity index is 2.29. The van der Waals surface area contributed by atoms with Crippen LogP contribution in [0.4, 0.5) is 0 Å². The van der Waals surface area contributed by atoms with Gasteiger partial charge in [0.1, 0.15) is 16.9 Å². The molecule has 100 valence electrons. The first kappa shape index (κ1) is 12.9. The molecule has 0 atom stereocenters. The number of esters is 1. The number of methoxy groups -OCH3 is 1. The number of hydrogen-bond donors (Lipinski definition) is 0. The van der Waals surface area contributed by atoms with Crippen molar-refractivity contribution in [1.29, 1.82) is 0 Å². The largest absolute Gasteiger partial charge is 0.465 e. The van der Waals surface area contributed by atoms with Crippen molar-refractivity contribution < 1.29 is 13.9 Å². The summed E-state index contributed by atoms with van der Waals surface area (Å²) in [6.45, 7) is 0. The molecule has 0 aliphatic carbocycles. The van der Waals surface area contributed by atoms with Crippen LogP contribution in [0, 0.1) is 0 Å². The Kier molecular flexibility index (Phi) is 3.32. The van der Waals surface area contributed by atoms with E-state index in [1.54, 1.807) is 0 Å². The molecule has 0 aliphatic heterocycles. The molecule has 2 aromatic carbocycles.